The van der Waals surface area contributed by atoms with Crippen molar-refractivity contribution in [3.63, 3.8) is 0 Å². The van der Waals surface area contributed by atoms with Crippen LogP contribution in [0.15, 0.2) is 48.8 Å². The lowest BCUT2D eigenvalue weighted by molar-refractivity contribution is 0.691. The van der Waals surface area contributed by atoms with E-state index in [1.807, 2.05) is 43.4 Å². The van der Waals surface area contributed by atoms with Crippen molar-refractivity contribution in [1.82, 2.24) is 10.3 Å². The van der Waals surface area contributed by atoms with Gasteiger partial charge in [-0.25, -0.2) is 0 Å². The standard InChI is InChI=1S/C13H13ClN2/c1-15-13(11-6-8-16-9-7-11)10-2-4-12(14)5-3-10/h2-9,13,15H,1H3/t13-/m0/s1. The zero-order valence-corrected chi connectivity index (χ0v) is 9.78. The molecule has 16 heavy (non-hydrogen) atoms. The molecular formula is C13H13ClN2. The molecule has 2 rings (SSSR count). The third-order valence-corrected chi connectivity index (χ3v) is 2.78. The molecule has 0 aliphatic rings. The van der Waals surface area contributed by atoms with Crippen molar-refractivity contribution in [3.8, 4) is 0 Å². The van der Waals surface area contributed by atoms with Gasteiger partial charge in [-0.05, 0) is 42.4 Å². The average molecular weight is 233 g/mol. The smallest absolute Gasteiger partial charge is 0.0575 e. The first-order chi connectivity index (χ1) is 7.81. The lowest BCUT2D eigenvalue weighted by Gasteiger charge is -2.16. The third kappa shape index (κ3) is 2.40. The number of rotatable bonds is 3. The van der Waals surface area contributed by atoms with Crippen LogP contribution in [0.2, 0.25) is 5.02 Å². The number of nitrogens with zero attached hydrogens (tertiary/aromatic N) is 1. The number of pyridine rings is 1. The molecular weight excluding hydrogens is 220 g/mol. The maximum absolute atomic E-state index is 5.88. The van der Waals surface area contributed by atoms with E-state index in [2.05, 4.69) is 10.3 Å². The van der Waals surface area contributed by atoms with Crippen molar-refractivity contribution < 1.29 is 0 Å². The largest absolute Gasteiger partial charge is 0.309 e. The number of benzene rings is 1. The second-order valence-corrected chi connectivity index (χ2v) is 3.99. The number of nitrogens with one attached hydrogen (secondary N) is 1. The molecule has 1 aromatic carbocycles. The Balaban J connectivity index is 2.33. The van der Waals surface area contributed by atoms with Gasteiger partial charge < -0.3 is 5.32 Å². The number of hydrogen-bond donors (Lipinski definition) is 1. The van der Waals surface area contributed by atoms with E-state index in [4.69, 9.17) is 11.6 Å². The van der Waals surface area contributed by atoms with Crippen LogP contribution in [0.1, 0.15) is 17.2 Å². The Labute approximate surface area is 100 Å². The maximum atomic E-state index is 5.88. The van der Waals surface area contributed by atoms with E-state index >= 15 is 0 Å². The molecule has 0 amide bonds. The molecule has 1 heterocycles. The van der Waals surface area contributed by atoms with E-state index < -0.39 is 0 Å². The summed E-state index contributed by atoms with van der Waals surface area (Å²) in [6.07, 6.45) is 3.60. The molecule has 0 aliphatic carbocycles. The summed E-state index contributed by atoms with van der Waals surface area (Å²) in [5, 5.41) is 4.04. The Kier molecular flexibility index (Phi) is 3.54. The summed E-state index contributed by atoms with van der Waals surface area (Å²) in [5.41, 5.74) is 2.39. The van der Waals surface area contributed by atoms with Gasteiger partial charge in [0.15, 0.2) is 0 Å². The lowest BCUT2D eigenvalue weighted by Crippen LogP contribution is -2.17. The summed E-state index contributed by atoms with van der Waals surface area (Å²) >= 11 is 5.88. The molecule has 82 valence electrons. The molecule has 0 spiro atoms. The maximum Gasteiger partial charge on any atom is 0.0575 e. The predicted molar refractivity (Wildman–Crippen MR) is 66.6 cm³/mol. The summed E-state index contributed by atoms with van der Waals surface area (Å²) in [5.74, 6) is 0. The van der Waals surface area contributed by atoms with E-state index in [0.717, 1.165) is 5.02 Å². The fraction of sp³-hybridized carbons (Fsp3) is 0.154. The SMILES string of the molecule is CN[C@H](c1ccncc1)c1ccc(Cl)cc1. The van der Waals surface area contributed by atoms with E-state index in [9.17, 15) is 0 Å². The van der Waals surface area contributed by atoms with Gasteiger partial charge in [-0.15, -0.1) is 0 Å². The summed E-state index contributed by atoms with van der Waals surface area (Å²) in [7, 11) is 1.94. The van der Waals surface area contributed by atoms with Gasteiger partial charge in [0.1, 0.15) is 0 Å². The van der Waals surface area contributed by atoms with Gasteiger partial charge in [-0.2, -0.15) is 0 Å². The van der Waals surface area contributed by atoms with E-state index in [1.165, 1.54) is 11.1 Å². The average Bonchev–Trinajstić information content (AvgIpc) is 2.34. The highest BCUT2D eigenvalue weighted by Crippen LogP contribution is 2.22. The molecule has 3 heteroatoms. The van der Waals surface area contributed by atoms with Crippen LogP contribution in [0.5, 0.6) is 0 Å². The third-order valence-electron chi connectivity index (χ3n) is 2.53. The van der Waals surface area contributed by atoms with Crippen molar-refractivity contribution in [2.45, 2.75) is 6.04 Å². The highest BCUT2D eigenvalue weighted by molar-refractivity contribution is 6.30. The molecule has 0 fully saturated rings. The van der Waals surface area contributed by atoms with Crippen LogP contribution >= 0.6 is 11.6 Å². The fourth-order valence-electron chi connectivity index (χ4n) is 1.74. The molecule has 2 nitrogen and oxygen atoms in total. The van der Waals surface area contributed by atoms with Crippen LogP contribution in [0.3, 0.4) is 0 Å². The minimum Gasteiger partial charge on any atom is -0.309 e. The first-order valence-corrected chi connectivity index (χ1v) is 5.51. The molecule has 1 N–H and O–H groups in total. The summed E-state index contributed by atoms with van der Waals surface area (Å²) in [4.78, 5) is 4.02. The van der Waals surface area contributed by atoms with Crippen LogP contribution in [-0.2, 0) is 0 Å². The summed E-state index contributed by atoms with van der Waals surface area (Å²) in [6, 6.07) is 12.1. The second-order valence-electron chi connectivity index (χ2n) is 3.55. The molecule has 0 bridgehead atoms. The first-order valence-electron chi connectivity index (χ1n) is 5.14. The zero-order valence-electron chi connectivity index (χ0n) is 9.02. The van der Waals surface area contributed by atoms with Crippen LogP contribution in [0, 0.1) is 0 Å². The van der Waals surface area contributed by atoms with Gasteiger partial charge in [-0.1, -0.05) is 23.7 Å². The van der Waals surface area contributed by atoms with Crippen molar-refractivity contribution >= 4 is 11.6 Å². The lowest BCUT2D eigenvalue weighted by atomic mass is 10.0. The van der Waals surface area contributed by atoms with Crippen LogP contribution in [0.25, 0.3) is 0 Å². The molecule has 1 atom stereocenters. The normalized spacial score (nSPS) is 12.4. The summed E-state index contributed by atoms with van der Waals surface area (Å²) < 4.78 is 0. The van der Waals surface area contributed by atoms with Gasteiger partial charge in [-0.3, -0.25) is 4.98 Å². The quantitative estimate of drug-likeness (QED) is 0.880. The van der Waals surface area contributed by atoms with Gasteiger partial charge in [0.25, 0.3) is 0 Å². The molecule has 1 aromatic heterocycles. The highest BCUT2D eigenvalue weighted by Gasteiger charge is 2.10. The Bertz CT molecular complexity index is 439. The molecule has 0 saturated carbocycles. The molecule has 0 radical (unpaired) electrons. The van der Waals surface area contributed by atoms with Crippen LogP contribution < -0.4 is 5.32 Å². The molecule has 2 aromatic rings. The number of hydrogen-bond acceptors (Lipinski definition) is 2. The summed E-state index contributed by atoms with van der Waals surface area (Å²) in [6.45, 7) is 0. The van der Waals surface area contributed by atoms with E-state index in [1.54, 1.807) is 12.4 Å². The number of aromatic nitrogens is 1. The molecule has 0 saturated heterocycles. The predicted octanol–water partition coefficient (Wildman–Crippen LogP) is 3.04. The Morgan fingerprint density at radius 1 is 1.00 bits per heavy atom. The van der Waals surface area contributed by atoms with Crippen molar-refractivity contribution in [2.24, 2.45) is 0 Å². The van der Waals surface area contributed by atoms with Crippen molar-refractivity contribution in [2.75, 3.05) is 7.05 Å². The topological polar surface area (TPSA) is 24.9 Å². The Morgan fingerprint density at radius 3 is 2.12 bits per heavy atom. The Hall–Kier alpha value is -1.38. The minimum atomic E-state index is 0.181. The van der Waals surface area contributed by atoms with Gasteiger partial charge >= 0.3 is 0 Å². The van der Waals surface area contributed by atoms with Gasteiger partial charge in [0, 0.05) is 17.4 Å². The van der Waals surface area contributed by atoms with Crippen molar-refractivity contribution in [1.29, 1.82) is 0 Å². The van der Waals surface area contributed by atoms with Gasteiger partial charge in [0.05, 0.1) is 6.04 Å². The highest BCUT2D eigenvalue weighted by atomic mass is 35.5. The van der Waals surface area contributed by atoms with Gasteiger partial charge in [0.2, 0.25) is 0 Å². The van der Waals surface area contributed by atoms with Crippen molar-refractivity contribution in [3.05, 3.63) is 64.9 Å². The molecule has 0 unspecified atom stereocenters. The van der Waals surface area contributed by atoms with Crippen LogP contribution in [0.4, 0.5) is 0 Å². The van der Waals surface area contributed by atoms with Crippen LogP contribution in [-0.4, -0.2) is 12.0 Å². The fourth-order valence-corrected chi connectivity index (χ4v) is 1.86. The van der Waals surface area contributed by atoms with E-state index in [0.29, 0.717) is 0 Å². The second kappa shape index (κ2) is 5.10. The Morgan fingerprint density at radius 2 is 1.56 bits per heavy atom. The van der Waals surface area contributed by atoms with E-state index in [-0.39, 0.29) is 6.04 Å². The zero-order chi connectivity index (χ0) is 11.4. The first kappa shape index (κ1) is 11.1. The minimum absolute atomic E-state index is 0.181. The molecule has 0 aliphatic heterocycles. The number of halogens is 1. The monoisotopic (exact) mass is 232 g/mol.